The number of nitrogens with one attached hydrogen (secondary N) is 2. The Morgan fingerprint density at radius 1 is 1.64 bits per heavy atom. The van der Waals surface area contributed by atoms with Gasteiger partial charge in [0.25, 0.3) is 0 Å². The molecule has 2 N–H and O–H groups in total. The molecule has 0 unspecified atom stereocenters. The van der Waals surface area contributed by atoms with Crippen molar-refractivity contribution in [3.8, 4) is 0 Å². The fourth-order valence-electron chi connectivity index (χ4n) is 1.69. The molecule has 1 heterocycles. The van der Waals surface area contributed by atoms with Crippen LogP contribution in [0.25, 0.3) is 0 Å². The lowest BCUT2D eigenvalue weighted by Crippen LogP contribution is -2.54. The van der Waals surface area contributed by atoms with E-state index in [-0.39, 0.29) is 11.8 Å². The van der Waals surface area contributed by atoms with Gasteiger partial charge in [0.05, 0.1) is 6.04 Å². The highest BCUT2D eigenvalue weighted by Crippen LogP contribution is 2.11. The van der Waals surface area contributed by atoms with E-state index in [1.807, 2.05) is 0 Å². The van der Waals surface area contributed by atoms with Gasteiger partial charge in [0.2, 0.25) is 0 Å². The van der Waals surface area contributed by atoms with Crippen molar-refractivity contribution >= 4 is 5.78 Å². The van der Waals surface area contributed by atoms with Gasteiger partial charge in [0.15, 0.2) is 5.78 Å². The first kappa shape index (κ1) is 11.2. The highest BCUT2D eigenvalue weighted by molar-refractivity contribution is 5.82. The number of Topliss-reactive ketones (excluding diaryl/α,β-unsaturated/α-hetero) is 1. The number of carbonyl (C=O) groups is 1. The number of piperazine rings is 1. The van der Waals surface area contributed by atoms with E-state index in [9.17, 15) is 4.79 Å². The van der Waals surface area contributed by atoms with Crippen LogP contribution < -0.4 is 10.6 Å². The molecule has 0 aromatic heterocycles. The molecule has 1 fully saturated rings. The molecule has 1 saturated heterocycles. The number of ketones is 1. The Labute approximate surface area is 86.0 Å². The number of hydrogen-bond acceptors (Lipinski definition) is 3. The molecule has 0 aliphatic carbocycles. The van der Waals surface area contributed by atoms with Gasteiger partial charge in [-0.3, -0.25) is 4.79 Å². The maximum atomic E-state index is 11.1. The van der Waals surface area contributed by atoms with Gasteiger partial charge in [0, 0.05) is 18.3 Å². The zero-order chi connectivity index (χ0) is 10.6. The average Bonchev–Trinajstić information content (AvgIpc) is 2.15. The lowest BCUT2D eigenvalue weighted by atomic mass is 10.0. The molecule has 1 rings (SSSR count). The van der Waals surface area contributed by atoms with Gasteiger partial charge in [-0.25, -0.2) is 0 Å². The summed E-state index contributed by atoms with van der Waals surface area (Å²) in [6.07, 6.45) is 3.50. The van der Waals surface area contributed by atoms with Crippen LogP contribution >= 0.6 is 0 Å². The van der Waals surface area contributed by atoms with Crippen molar-refractivity contribution in [2.24, 2.45) is 0 Å². The van der Waals surface area contributed by atoms with Crippen molar-refractivity contribution in [3.63, 3.8) is 0 Å². The van der Waals surface area contributed by atoms with Crippen molar-refractivity contribution in [1.29, 1.82) is 0 Å². The summed E-state index contributed by atoms with van der Waals surface area (Å²) in [7, 11) is 0. The van der Waals surface area contributed by atoms with Crippen LogP contribution in [-0.2, 0) is 4.79 Å². The SMILES string of the molecule is C=C1N[C@@H](C(C)=O)CN[C@H]1CCCC. The Kier molecular flexibility index (Phi) is 4.14. The van der Waals surface area contributed by atoms with Gasteiger partial charge in [-0.2, -0.15) is 0 Å². The van der Waals surface area contributed by atoms with Gasteiger partial charge in [-0.1, -0.05) is 26.3 Å². The van der Waals surface area contributed by atoms with Crippen LogP contribution in [0.5, 0.6) is 0 Å². The minimum absolute atomic E-state index is 0.0830. The predicted octanol–water partition coefficient (Wildman–Crippen LogP) is 1.21. The van der Waals surface area contributed by atoms with Gasteiger partial charge in [-0.15, -0.1) is 0 Å². The quantitative estimate of drug-likeness (QED) is 0.710. The van der Waals surface area contributed by atoms with Crippen molar-refractivity contribution in [2.75, 3.05) is 6.54 Å². The summed E-state index contributed by atoms with van der Waals surface area (Å²) in [5.74, 6) is 0.174. The number of hydrogen-bond donors (Lipinski definition) is 2. The molecule has 0 spiro atoms. The molecule has 80 valence electrons. The lowest BCUT2D eigenvalue weighted by molar-refractivity contribution is -0.119. The second-order valence-corrected chi connectivity index (χ2v) is 3.94. The Balaban J connectivity index is 2.40. The molecule has 0 radical (unpaired) electrons. The minimum Gasteiger partial charge on any atom is -0.377 e. The Morgan fingerprint density at radius 2 is 2.36 bits per heavy atom. The molecule has 0 amide bonds. The van der Waals surface area contributed by atoms with E-state index in [1.165, 1.54) is 12.8 Å². The molecule has 0 bridgehead atoms. The van der Waals surface area contributed by atoms with Crippen molar-refractivity contribution in [2.45, 2.75) is 45.2 Å². The highest BCUT2D eigenvalue weighted by Gasteiger charge is 2.24. The Hall–Kier alpha value is -0.830. The van der Waals surface area contributed by atoms with Crippen LogP contribution in [-0.4, -0.2) is 24.4 Å². The molecule has 0 aromatic rings. The Morgan fingerprint density at radius 3 is 2.86 bits per heavy atom. The minimum atomic E-state index is -0.0830. The molecule has 0 saturated carbocycles. The predicted molar refractivity (Wildman–Crippen MR) is 58.1 cm³/mol. The van der Waals surface area contributed by atoms with E-state index in [0.717, 1.165) is 18.7 Å². The molecule has 2 atom stereocenters. The molecule has 1 aliphatic rings. The summed E-state index contributed by atoms with van der Waals surface area (Å²) in [5.41, 5.74) is 0.963. The van der Waals surface area contributed by atoms with Gasteiger partial charge in [0.1, 0.15) is 0 Å². The van der Waals surface area contributed by atoms with Crippen LogP contribution in [0, 0.1) is 0 Å². The first-order valence-electron chi connectivity index (χ1n) is 5.34. The van der Waals surface area contributed by atoms with Gasteiger partial charge >= 0.3 is 0 Å². The van der Waals surface area contributed by atoms with E-state index in [2.05, 4.69) is 24.1 Å². The molecule has 14 heavy (non-hydrogen) atoms. The van der Waals surface area contributed by atoms with Gasteiger partial charge in [-0.05, 0) is 13.3 Å². The number of unbranched alkanes of at least 4 members (excludes halogenated alkanes) is 1. The second-order valence-electron chi connectivity index (χ2n) is 3.94. The fourth-order valence-corrected chi connectivity index (χ4v) is 1.69. The van der Waals surface area contributed by atoms with Gasteiger partial charge < -0.3 is 10.6 Å². The smallest absolute Gasteiger partial charge is 0.153 e. The maximum Gasteiger partial charge on any atom is 0.153 e. The van der Waals surface area contributed by atoms with Crippen LogP contribution in [0.15, 0.2) is 12.3 Å². The van der Waals surface area contributed by atoms with Crippen molar-refractivity contribution < 1.29 is 4.79 Å². The zero-order valence-electron chi connectivity index (χ0n) is 9.10. The Bertz CT molecular complexity index is 225. The molecule has 0 aromatic carbocycles. The standard InChI is InChI=1S/C11H20N2O/c1-4-5-6-10-8(2)13-11(7-12-10)9(3)14/h10-13H,2,4-7H2,1,3H3/t10-,11+/m0/s1. The molecule has 3 heteroatoms. The summed E-state index contributed by atoms with van der Waals surface area (Å²) < 4.78 is 0. The van der Waals surface area contributed by atoms with E-state index in [4.69, 9.17) is 0 Å². The van der Waals surface area contributed by atoms with Crippen LogP contribution in [0.3, 0.4) is 0 Å². The number of rotatable bonds is 4. The summed E-state index contributed by atoms with van der Waals surface area (Å²) in [4.78, 5) is 11.1. The molecular weight excluding hydrogens is 176 g/mol. The molecule has 1 aliphatic heterocycles. The first-order valence-corrected chi connectivity index (χ1v) is 5.34. The van der Waals surface area contributed by atoms with Crippen LogP contribution in [0.2, 0.25) is 0 Å². The third-order valence-corrected chi connectivity index (χ3v) is 2.69. The third-order valence-electron chi connectivity index (χ3n) is 2.69. The summed E-state index contributed by atoms with van der Waals surface area (Å²) >= 11 is 0. The maximum absolute atomic E-state index is 11.1. The zero-order valence-corrected chi connectivity index (χ0v) is 9.10. The number of carbonyl (C=O) groups excluding carboxylic acids is 1. The summed E-state index contributed by atoms with van der Waals surface area (Å²) in [6.45, 7) is 8.47. The van der Waals surface area contributed by atoms with E-state index >= 15 is 0 Å². The molecular formula is C11H20N2O. The van der Waals surface area contributed by atoms with Crippen LogP contribution in [0.4, 0.5) is 0 Å². The normalized spacial score (nSPS) is 27.1. The van der Waals surface area contributed by atoms with Crippen LogP contribution in [0.1, 0.15) is 33.1 Å². The average molecular weight is 196 g/mol. The first-order chi connectivity index (χ1) is 6.65. The summed E-state index contributed by atoms with van der Waals surface area (Å²) in [6, 6.07) is 0.255. The van der Waals surface area contributed by atoms with E-state index < -0.39 is 0 Å². The largest absolute Gasteiger partial charge is 0.377 e. The highest BCUT2D eigenvalue weighted by atomic mass is 16.1. The lowest BCUT2D eigenvalue weighted by Gasteiger charge is -2.32. The third kappa shape index (κ3) is 2.84. The van der Waals surface area contributed by atoms with E-state index in [0.29, 0.717) is 6.04 Å². The van der Waals surface area contributed by atoms with Crippen molar-refractivity contribution in [3.05, 3.63) is 12.3 Å². The monoisotopic (exact) mass is 196 g/mol. The van der Waals surface area contributed by atoms with Crippen molar-refractivity contribution in [1.82, 2.24) is 10.6 Å². The fraction of sp³-hybridized carbons (Fsp3) is 0.727. The second kappa shape index (κ2) is 5.15. The summed E-state index contributed by atoms with van der Waals surface area (Å²) in [5, 5.41) is 6.52. The van der Waals surface area contributed by atoms with E-state index in [1.54, 1.807) is 6.92 Å². The topological polar surface area (TPSA) is 41.1 Å². The molecule has 3 nitrogen and oxygen atoms in total.